The average molecular weight is 266 g/mol. The largest absolute Gasteiger partial charge is 0.372 e. The first-order chi connectivity index (χ1) is 9.11. The second-order valence-electron chi connectivity index (χ2n) is 6.64. The van der Waals surface area contributed by atoms with Crippen molar-refractivity contribution >= 4 is 5.91 Å². The predicted molar refractivity (Wildman–Crippen MR) is 74.0 cm³/mol. The van der Waals surface area contributed by atoms with Crippen LogP contribution in [0.2, 0.25) is 0 Å². The average Bonchev–Trinajstić information content (AvgIpc) is 2.97. The number of likely N-dealkylation sites (tertiary alicyclic amines) is 1. The van der Waals surface area contributed by atoms with Gasteiger partial charge in [0.25, 0.3) is 0 Å². The van der Waals surface area contributed by atoms with Crippen LogP contribution in [0.4, 0.5) is 0 Å². The highest BCUT2D eigenvalue weighted by atomic mass is 16.5. The lowest BCUT2D eigenvalue weighted by molar-refractivity contribution is -0.142. The molecular formula is C15H26N2O2. The lowest BCUT2D eigenvalue weighted by atomic mass is 9.98. The highest BCUT2D eigenvalue weighted by molar-refractivity contribution is 5.84. The van der Waals surface area contributed by atoms with Crippen LogP contribution in [0.3, 0.4) is 0 Å². The van der Waals surface area contributed by atoms with E-state index in [1.54, 1.807) is 0 Å². The highest BCUT2D eigenvalue weighted by Crippen LogP contribution is 2.37. The molecule has 1 saturated carbocycles. The van der Waals surface area contributed by atoms with Gasteiger partial charge in [0.05, 0.1) is 18.2 Å². The molecule has 2 aliphatic heterocycles. The summed E-state index contributed by atoms with van der Waals surface area (Å²) in [5.74, 6) is 0.338. The topological polar surface area (TPSA) is 32.8 Å². The molecule has 3 rings (SSSR count). The van der Waals surface area contributed by atoms with Crippen molar-refractivity contribution in [3.8, 4) is 0 Å². The van der Waals surface area contributed by atoms with E-state index in [9.17, 15) is 4.79 Å². The van der Waals surface area contributed by atoms with E-state index in [0.29, 0.717) is 11.9 Å². The van der Waals surface area contributed by atoms with Crippen molar-refractivity contribution in [1.82, 2.24) is 9.80 Å². The Bertz CT molecular complexity index is 350. The third-order valence-electron chi connectivity index (χ3n) is 5.07. The van der Waals surface area contributed by atoms with Crippen LogP contribution in [-0.4, -0.2) is 59.6 Å². The summed E-state index contributed by atoms with van der Waals surface area (Å²) in [4.78, 5) is 16.9. The molecule has 0 aromatic rings. The Morgan fingerprint density at radius 2 is 2.00 bits per heavy atom. The van der Waals surface area contributed by atoms with Crippen LogP contribution < -0.4 is 0 Å². The quantitative estimate of drug-likeness (QED) is 0.762. The molecule has 1 spiro atoms. The Morgan fingerprint density at radius 3 is 2.63 bits per heavy atom. The van der Waals surface area contributed by atoms with E-state index in [2.05, 4.69) is 18.7 Å². The van der Waals surface area contributed by atoms with E-state index in [4.69, 9.17) is 4.74 Å². The molecule has 1 aliphatic carbocycles. The maximum atomic E-state index is 12.5. The van der Waals surface area contributed by atoms with Gasteiger partial charge in [-0.1, -0.05) is 12.8 Å². The maximum absolute atomic E-state index is 12.5. The van der Waals surface area contributed by atoms with Crippen molar-refractivity contribution in [2.24, 2.45) is 0 Å². The van der Waals surface area contributed by atoms with Gasteiger partial charge in [0.15, 0.2) is 0 Å². The maximum Gasteiger partial charge on any atom is 0.240 e. The molecule has 19 heavy (non-hydrogen) atoms. The Hall–Kier alpha value is -0.610. The molecule has 0 radical (unpaired) electrons. The van der Waals surface area contributed by atoms with Gasteiger partial charge in [-0.05, 0) is 33.1 Å². The van der Waals surface area contributed by atoms with E-state index in [1.807, 2.05) is 4.90 Å². The van der Waals surface area contributed by atoms with E-state index in [-0.39, 0.29) is 11.6 Å². The van der Waals surface area contributed by atoms with Crippen LogP contribution in [0.5, 0.6) is 0 Å². The summed E-state index contributed by atoms with van der Waals surface area (Å²) in [6.07, 6.45) is 5.92. The Balaban J connectivity index is 1.67. The number of rotatable bonds is 2. The summed E-state index contributed by atoms with van der Waals surface area (Å²) >= 11 is 0. The Kier molecular flexibility index (Phi) is 3.56. The summed E-state index contributed by atoms with van der Waals surface area (Å²) in [6, 6.07) is 0.447. The zero-order chi connectivity index (χ0) is 13.5. The molecule has 2 heterocycles. The van der Waals surface area contributed by atoms with E-state index in [1.165, 1.54) is 25.7 Å². The summed E-state index contributed by atoms with van der Waals surface area (Å²) in [6.45, 7) is 7.83. The Labute approximate surface area is 116 Å². The van der Waals surface area contributed by atoms with Crippen molar-refractivity contribution < 1.29 is 9.53 Å². The number of amides is 1. The molecule has 1 amide bonds. The number of nitrogens with zero attached hydrogens (tertiary/aromatic N) is 2. The van der Waals surface area contributed by atoms with Crippen LogP contribution in [0.15, 0.2) is 0 Å². The van der Waals surface area contributed by atoms with Crippen molar-refractivity contribution in [1.29, 1.82) is 0 Å². The van der Waals surface area contributed by atoms with Gasteiger partial charge in [-0.25, -0.2) is 0 Å². The molecule has 1 atom stereocenters. The van der Waals surface area contributed by atoms with Gasteiger partial charge in [-0.15, -0.1) is 0 Å². The Morgan fingerprint density at radius 1 is 1.26 bits per heavy atom. The first-order valence-corrected chi connectivity index (χ1v) is 7.80. The van der Waals surface area contributed by atoms with Gasteiger partial charge in [-0.3, -0.25) is 9.69 Å². The zero-order valence-corrected chi connectivity index (χ0v) is 12.2. The smallest absolute Gasteiger partial charge is 0.240 e. The van der Waals surface area contributed by atoms with Crippen LogP contribution >= 0.6 is 0 Å². The van der Waals surface area contributed by atoms with Crippen LogP contribution in [0.25, 0.3) is 0 Å². The van der Waals surface area contributed by atoms with Gasteiger partial charge >= 0.3 is 0 Å². The lowest BCUT2D eigenvalue weighted by Crippen LogP contribution is -2.55. The molecule has 1 unspecified atom stereocenters. The first-order valence-electron chi connectivity index (χ1n) is 7.80. The monoisotopic (exact) mass is 266 g/mol. The third-order valence-corrected chi connectivity index (χ3v) is 5.07. The molecular weight excluding hydrogens is 240 g/mol. The first kappa shape index (κ1) is 13.4. The molecule has 4 nitrogen and oxygen atoms in total. The van der Waals surface area contributed by atoms with Crippen LogP contribution in [0, 0.1) is 0 Å². The molecule has 3 aliphatic rings. The van der Waals surface area contributed by atoms with Gasteiger partial charge < -0.3 is 9.64 Å². The summed E-state index contributed by atoms with van der Waals surface area (Å²) < 4.78 is 6.06. The molecule has 4 heteroatoms. The number of ether oxygens (including phenoxy) is 1. The fourth-order valence-corrected chi connectivity index (χ4v) is 4.00. The molecule has 0 aromatic carbocycles. The minimum atomic E-state index is 0.0732. The minimum absolute atomic E-state index is 0.0732. The second kappa shape index (κ2) is 5.06. The number of hydrogen-bond donors (Lipinski definition) is 0. The van der Waals surface area contributed by atoms with E-state index < -0.39 is 0 Å². The van der Waals surface area contributed by atoms with Crippen LogP contribution in [0.1, 0.15) is 46.0 Å². The van der Waals surface area contributed by atoms with E-state index >= 15 is 0 Å². The van der Waals surface area contributed by atoms with Gasteiger partial charge in [0.1, 0.15) is 0 Å². The molecule has 0 bridgehead atoms. The molecule has 0 N–H and O–H groups in total. The lowest BCUT2D eigenvalue weighted by Gasteiger charge is -2.42. The van der Waals surface area contributed by atoms with E-state index in [0.717, 1.165) is 32.7 Å². The number of carbonyl (C=O) groups is 1. The number of morpholine rings is 1. The summed E-state index contributed by atoms with van der Waals surface area (Å²) in [5.41, 5.74) is 0.0732. The van der Waals surface area contributed by atoms with Crippen LogP contribution in [-0.2, 0) is 9.53 Å². The molecule has 0 aromatic heterocycles. The fourth-order valence-electron chi connectivity index (χ4n) is 4.00. The van der Waals surface area contributed by atoms with Crippen molar-refractivity contribution in [2.75, 3.05) is 26.2 Å². The fraction of sp³-hybridized carbons (Fsp3) is 0.933. The molecule has 108 valence electrons. The van der Waals surface area contributed by atoms with Crippen molar-refractivity contribution in [3.63, 3.8) is 0 Å². The molecule has 2 saturated heterocycles. The number of hydrogen-bond acceptors (Lipinski definition) is 3. The van der Waals surface area contributed by atoms with Gasteiger partial charge in [0.2, 0.25) is 5.91 Å². The predicted octanol–water partition coefficient (Wildman–Crippen LogP) is 1.64. The van der Waals surface area contributed by atoms with Gasteiger partial charge in [0, 0.05) is 25.7 Å². The summed E-state index contributed by atoms with van der Waals surface area (Å²) in [5, 5.41) is 0. The summed E-state index contributed by atoms with van der Waals surface area (Å²) in [7, 11) is 0. The standard InChI is InChI=1S/C15H26N2O2/c1-12(2)17-8-5-13(14(17)18)16-9-10-19-15(11-16)6-3-4-7-15/h12-13H,3-11H2,1-2H3. The van der Waals surface area contributed by atoms with Crippen molar-refractivity contribution in [3.05, 3.63) is 0 Å². The minimum Gasteiger partial charge on any atom is -0.372 e. The SMILES string of the molecule is CC(C)N1CCC(N2CCOC3(CCCC3)C2)C1=O. The van der Waals surface area contributed by atoms with Crippen molar-refractivity contribution in [2.45, 2.75) is 63.6 Å². The highest BCUT2D eigenvalue weighted by Gasteiger charge is 2.44. The molecule has 3 fully saturated rings. The van der Waals surface area contributed by atoms with Gasteiger partial charge in [-0.2, -0.15) is 0 Å². The normalized spacial score (nSPS) is 31.8. The number of carbonyl (C=O) groups excluding carboxylic acids is 1. The zero-order valence-electron chi connectivity index (χ0n) is 12.2. The third kappa shape index (κ3) is 2.40. The second-order valence-corrected chi connectivity index (χ2v) is 6.64.